The molecule has 0 saturated heterocycles. The highest BCUT2D eigenvalue weighted by molar-refractivity contribution is 5.38. The molecule has 174 valence electrons. The van der Waals surface area contributed by atoms with Gasteiger partial charge < -0.3 is 20.4 Å². The van der Waals surface area contributed by atoms with E-state index in [0.29, 0.717) is 42.9 Å². The molecule has 4 aliphatic carbocycles. The number of aliphatic hydroxyl groups excluding tert-OH is 4. The Morgan fingerprint density at radius 1 is 1.13 bits per heavy atom. The van der Waals surface area contributed by atoms with Crippen LogP contribution in [0.25, 0.3) is 0 Å². The second kappa shape index (κ2) is 9.13. The van der Waals surface area contributed by atoms with E-state index in [-0.39, 0.29) is 5.41 Å². The minimum absolute atomic E-state index is 0.245. The Hall–Kier alpha value is -0.940. The Kier molecular flexibility index (Phi) is 6.84. The maximum absolute atomic E-state index is 10.6. The maximum atomic E-state index is 10.6. The third kappa shape index (κ3) is 4.73. The molecule has 31 heavy (non-hydrogen) atoms. The first-order valence-electron chi connectivity index (χ1n) is 12.5. The van der Waals surface area contributed by atoms with Crippen molar-refractivity contribution in [1.82, 2.24) is 0 Å². The molecule has 0 amide bonds. The molecule has 0 aromatic heterocycles. The average Bonchev–Trinajstić information content (AvgIpc) is 3.50. The Bertz CT molecular complexity index is 736. The number of aliphatic hydroxyl groups is 4. The predicted molar refractivity (Wildman–Crippen MR) is 123 cm³/mol. The molecule has 0 bridgehead atoms. The number of rotatable bonds is 6. The minimum Gasteiger partial charge on any atom is -0.393 e. The van der Waals surface area contributed by atoms with Crippen LogP contribution in [0.3, 0.4) is 0 Å². The van der Waals surface area contributed by atoms with E-state index in [4.69, 9.17) is 0 Å². The molecule has 0 aliphatic heterocycles. The molecule has 3 unspecified atom stereocenters. The van der Waals surface area contributed by atoms with Crippen molar-refractivity contribution in [1.29, 1.82) is 0 Å². The molecule has 0 aromatic rings. The van der Waals surface area contributed by atoms with Crippen molar-refractivity contribution in [3.05, 3.63) is 35.5 Å². The summed E-state index contributed by atoms with van der Waals surface area (Å²) in [5, 5.41) is 41.1. The van der Waals surface area contributed by atoms with Crippen molar-refractivity contribution in [3.63, 3.8) is 0 Å². The average molecular weight is 431 g/mol. The smallest absolute Gasteiger partial charge is 0.0827 e. The van der Waals surface area contributed by atoms with Crippen molar-refractivity contribution in [2.24, 2.45) is 29.1 Å². The number of allylic oxidation sites excluding steroid dienone is 3. The molecule has 4 N–H and O–H groups in total. The van der Waals surface area contributed by atoms with Gasteiger partial charge in [0.15, 0.2) is 0 Å². The topological polar surface area (TPSA) is 80.9 Å². The van der Waals surface area contributed by atoms with Gasteiger partial charge in [-0.3, -0.25) is 0 Å². The standard InChI is InChI=1S/C27H42O4/c1-16(13-25(30)26(31)19-7-8-19)22-10-11-23-18(5-4-12-27(22,23)3)6-9-20-14-21(28)15-24(29)17(20)2/h6,9,16,19,21-26,28-31H,2,4-5,7-8,10-15H2,1,3H3/b18-6+,20-9-/t16-,21-,22?,23?,24+,25-,26+,27?/m1/s1. The van der Waals surface area contributed by atoms with Crippen LogP contribution < -0.4 is 0 Å². The summed E-state index contributed by atoms with van der Waals surface area (Å²) in [5.74, 6) is 1.85. The van der Waals surface area contributed by atoms with Crippen molar-refractivity contribution < 1.29 is 20.4 Å². The zero-order valence-electron chi connectivity index (χ0n) is 19.3. The normalized spacial score (nSPS) is 41.9. The molecule has 0 heterocycles. The molecule has 4 saturated carbocycles. The Morgan fingerprint density at radius 2 is 1.87 bits per heavy atom. The fraction of sp³-hybridized carbons (Fsp3) is 0.778. The number of fused-ring (bicyclic) bond motifs is 1. The van der Waals surface area contributed by atoms with Crippen molar-refractivity contribution in [2.45, 2.75) is 102 Å². The maximum Gasteiger partial charge on any atom is 0.0827 e. The number of hydrogen-bond acceptors (Lipinski definition) is 4. The first-order chi connectivity index (χ1) is 14.7. The first-order valence-corrected chi connectivity index (χ1v) is 12.5. The second-order valence-corrected chi connectivity index (χ2v) is 11.3. The quantitative estimate of drug-likeness (QED) is 0.507. The molecule has 4 heteroatoms. The van der Waals surface area contributed by atoms with Gasteiger partial charge in [0, 0.05) is 6.42 Å². The van der Waals surface area contributed by atoms with Crippen LogP contribution in [-0.4, -0.2) is 44.8 Å². The van der Waals surface area contributed by atoms with Gasteiger partial charge in [-0.25, -0.2) is 0 Å². The van der Waals surface area contributed by atoms with Crippen LogP contribution in [0.1, 0.15) is 78.1 Å². The zero-order chi connectivity index (χ0) is 22.3. The van der Waals surface area contributed by atoms with Crippen LogP contribution in [0.5, 0.6) is 0 Å². The fourth-order valence-electron chi connectivity index (χ4n) is 7.12. The van der Waals surface area contributed by atoms with Crippen LogP contribution >= 0.6 is 0 Å². The third-order valence-corrected chi connectivity index (χ3v) is 9.10. The van der Waals surface area contributed by atoms with Crippen LogP contribution in [0.2, 0.25) is 0 Å². The molecule has 0 radical (unpaired) electrons. The number of hydrogen-bond donors (Lipinski definition) is 4. The highest BCUT2D eigenvalue weighted by atomic mass is 16.3. The minimum atomic E-state index is -0.640. The second-order valence-electron chi connectivity index (χ2n) is 11.3. The van der Waals surface area contributed by atoms with Gasteiger partial charge in [-0.1, -0.05) is 38.2 Å². The summed E-state index contributed by atoms with van der Waals surface area (Å²) in [6, 6.07) is 0. The fourth-order valence-corrected chi connectivity index (χ4v) is 7.12. The summed E-state index contributed by atoms with van der Waals surface area (Å²) in [6.45, 7) is 8.77. The van der Waals surface area contributed by atoms with Gasteiger partial charge in [0.25, 0.3) is 0 Å². The zero-order valence-corrected chi connectivity index (χ0v) is 19.3. The molecule has 4 rings (SSSR count). The van der Waals surface area contributed by atoms with Gasteiger partial charge in [0.2, 0.25) is 0 Å². The summed E-state index contributed by atoms with van der Waals surface area (Å²) in [4.78, 5) is 0. The Balaban J connectivity index is 1.46. The van der Waals surface area contributed by atoms with Crippen LogP contribution in [0.4, 0.5) is 0 Å². The lowest BCUT2D eigenvalue weighted by Gasteiger charge is -2.45. The van der Waals surface area contributed by atoms with Gasteiger partial charge in [-0.15, -0.1) is 0 Å². The molecular weight excluding hydrogens is 388 g/mol. The van der Waals surface area contributed by atoms with Gasteiger partial charge in [-0.05, 0) is 98.0 Å². The lowest BCUT2D eigenvalue weighted by atomic mass is 9.60. The van der Waals surface area contributed by atoms with Crippen LogP contribution in [0.15, 0.2) is 35.5 Å². The molecule has 0 aromatic carbocycles. The molecule has 4 fully saturated rings. The molecule has 4 nitrogen and oxygen atoms in total. The van der Waals surface area contributed by atoms with Gasteiger partial charge in [0.05, 0.1) is 24.4 Å². The van der Waals surface area contributed by atoms with E-state index in [0.717, 1.165) is 30.4 Å². The Morgan fingerprint density at radius 3 is 2.58 bits per heavy atom. The summed E-state index contributed by atoms with van der Waals surface area (Å²) in [6.07, 6.45) is 11.8. The highest BCUT2D eigenvalue weighted by Crippen LogP contribution is 2.60. The lowest BCUT2D eigenvalue weighted by Crippen LogP contribution is -2.38. The van der Waals surface area contributed by atoms with Gasteiger partial charge >= 0.3 is 0 Å². The van der Waals surface area contributed by atoms with Crippen molar-refractivity contribution in [2.75, 3.05) is 0 Å². The van der Waals surface area contributed by atoms with Gasteiger partial charge in [-0.2, -0.15) is 0 Å². The van der Waals surface area contributed by atoms with E-state index in [1.807, 2.05) is 0 Å². The highest BCUT2D eigenvalue weighted by Gasteiger charge is 2.51. The monoisotopic (exact) mass is 430 g/mol. The van der Waals surface area contributed by atoms with Crippen LogP contribution in [0, 0.1) is 29.1 Å². The Labute approximate surface area is 187 Å². The van der Waals surface area contributed by atoms with E-state index in [2.05, 4.69) is 32.6 Å². The van der Waals surface area contributed by atoms with Gasteiger partial charge in [0.1, 0.15) is 0 Å². The predicted octanol–water partition coefficient (Wildman–Crippen LogP) is 4.29. The van der Waals surface area contributed by atoms with E-state index in [1.165, 1.54) is 31.3 Å². The summed E-state index contributed by atoms with van der Waals surface area (Å²) < 4.78 is 0. The molecule has 8 atom stereocenters. The third-order valence-electron chi connectivity index (χ3n) is 9.10. The summed E-state index contributed by atoms with van der Waals surface area (Å²) >= 11 is 0. The van der Waals surface area contributed by atoms with E-state index >= 15 is 0 Å². The summed E-state index contributed by atoms with van der Waals surface area (Å²) in [5.41, 5.74) is 3.47. The van der Waals surface area contributed by atoms with E-state index < -0.39 is 24.4 Å². The lowest BCUT2D eigenvalue weighted by molar-refractivity contribution is -0.0195. The largest absolute Gasteiger partial charge is 0.393 e. The summed E-state index contributed by atoms with van der Waals surface area (Å²) in [7, 11) is 0. The van der Waals surface area contributed by atoms with E-state index in [1.54, 1.807) is 0 Å². The molecule has 0 spiro atoms. The van der Waals surface area contributed by atoms with Crippen LogP contribution in [-0.2, 0) is 0 Å². The van der Waals surface area contributed by atoms with E-state index in [9.17, 15) is 20.4 Å². The molecule has 4 aliphatic rings. The van der Waals surface area contributed by atoms with Crippen molar-refractivity contribution in [3.8, 4) is 0 Å². The van der Waals surface area contributed by atoms with Crippen molar-refractivity contribution >= 4 is 0 Å². The first kappa shape index (κ1) is 23.2. The SMILES string of the molecule is C=C1/C(=C\C=C2/CCCC3(C)C2CCC3[C@H](C)C[C@@H](O)[C@@H](O)C2CC2)C[C@@H](O)C[C@@H]1O. The molecular formula is C27H42O4.